The molecule has 0 saturated carbocycles. The van der Waals surface area contributed by atoms with Crippen molar-refractivity contribution in [3.8, 4) is 0 Å². The van der Waals surface area contributed by atoms with Crippen LogP contribution in [-0.2, 0) is 14.8 Å². The number of benzene rings is 1. The quantitative estimate of drug-likeness (QED) is 0.776. The van der Waals surface area contributed by atoms with Crippen LogP contribution in [0.1, 0.15) is 0 Å². The maximum Gasteiger partial charge on any atom is 0.240 e. The highest BCUT2D eigenvalue weighted by atomic mass is 35.5. The molecule has 8 heteroatoms. The first-order valence-corrected chi connectivity index (χ1v) is 8.01. The van der Waals surface area contributed by atoms with Crippen LogP contribution in [0.5, 0.6) is 0 Å². The number of ether oxygens (including phenoxy) is 1. The van der Waals surface area contributed by atoms with E-state index >= 15 is 0 Å². The number of rotatable bonds is 6. The summed E-state index contributed by atoms with van der Waals surface area (Å²) in [5, 5.41) is 10.5. The van der Waals surface area contributed by atoms with E-state index in [9.17, 15) is 13.5 Å². The van der Waals surface area contributed by atoms with Gasteiger partial charge in [0.25, 0.3) is 0 Å². The second kappa shape index (κ2) is 6.67. The van der Waals surface area contributed by atoms with Crippen molar-refractivity contribution in [3.05, 3.63) is 35.5 Å². The van der Waals surface area contributed by atoms with E-state index in [-0.39, 0.29) is 18.0 Å². The van der Waals surface area contributed by atoms with Gasteiger partial charge in [0.15, 0.2) is 0 Å². The van der Waals surface area contributed by atoms with Crippen molar-refractivity contribution in [1.82, 2.24) is 9.71 Å². The van der Waals surface area contributed by atoms with E-state index in [4.69, 9.17) is 16.3 Å². The lowest BCUT2D eigenvalue weighted by Crippen LogP contribution is -2.34. The smallest absolute Gasteiger partial charge is 0.240 e. The summed E-state index contributed by atoms with van der Waals surface area (Å²) in [5.74, 6) is 0. The molecule has 1 aromatic heterocycles. The van der Waals surface area contributed by atoms with Crippen LogP contribution in [-0.4, -0.2) is 44.9 Å². The fraction of sp³-hybridized carbons (Fsp3) is 0.308. The van der Waals surface area contributed by atoms with Crippen molar-refractivity contribution >= 4 is 32.5 Å². The normalized spacial score (nSPS) is 13.5. The van der Waals surface area contributed by atoms with E-state index in [0.29, 0.717) is 16.1 Å². The number of halogens is 1. The summed E-state index contributed by atoms with van der Waals surface area (Å²) in [5.41, 5.74) is 0.612. The lowest BCUT2D eigenvalue weighted by atomic mass is 10.2. The van der Waals surface area contributed by atoms with Gasteiger partial charge >= 0.3 is 0 Å². The molecule has 21 heavy (non-hydrogen) atoms. The molecule has 1 aromatic carbocycles. The minimum atomic E-state index is -3.70. The maximum atomic E-state index is 12.1. The Morgan fingerprint density at radius 2 is 2.14 bits per heavy atom. The summed E-state index contributed by atoms with van der Waals surface area (Å²) in [6.07, 6.45) is -0.897. The first kappa shape index (κ1) is 16.1. The van der Waals surface area contributed by atoms with E-state index in [0.717, 1.165) is 0 Å². The maximum absolute atomic E-state index is 12.1. The zero-order valence-corrected chi connectivity index (χ0v) is 12.9. The molecule has 0 saturated heterocycles. The predicted octanol–water partition coefficient (Wildman–Crippen LogP) is 1.17. The molecular formula is C13H15ClN2O4S. The van der Waals surface area contributed by atoms with Crippen LogP contribution in [0.15, 0.2) is 35.2 Å². The number of fused-ring (bicyclic) bond motifs is 1. The monoisotopic (exact) mass is 330 g/mol. The molecule has 0 aliphatic heterocycles. The van der Waals surface area contributed by atoms with E-state index < -0.39 is 16.1 Å². The van der Waals surface area contributed by atoms with Crippen LogP contribution < -0.4 is 4.72 Å². The molecule has 2 N–H and O–H groups in total. The summed E-state index contributed by atoms with van der Waals surface area (Å²) in [7, 11) is -2.27. The standard InChI is InChI=1S/C13H15ClN2O4S/c1-20-8-10(17)7-15-21(18,19)11-3-4-12-9(6-11)2-5-13(14)16-12/h2-6,10,15,17H,7-8H2,1H3. The van der Waals surface area contributed by atoms with Gasteiger partial charge in [0.05, 0.1) is 23.1 Å². The number of aliphatic hydroxyl groups excluding tert-OH is 1. The molecule has 0 bridgehead atoms. The molecule has 0 fully saturated rings. The highest BCUT2D eigenvalue weighted by Gasteiger charge is 2.16. The van der Waals surface area contributed by atoms with Crippen LogP contribution in [0.2, 0.25) is 5.15 Å². The third-order valence-electron chi connectivity index (χ3n) is 2.81. The minimum absolute atomic E-state index is 0.0582. The van der Waals surface area contributed by atoms with Gasteiger partial charge in [0, 0.05) is 19.0 Å². The number of pyridine rings is 1. The lowest BCUT2D eigenvalue weighted by molar-refractivity contribution is 0.0679. The Morgan fingerprint density at radius 3 is 2.86 bits per heavy atom. The highest BCUT2D eigenvalue weighted by molar-refractivity contribution is 7.89. The molecule has 0 radical (unpaired) electrons. The molecule has 1 atom stereocenters. The summed E-state index contributed by atoms with van der Waals surface area (Å²) in [4.78, 5) is 4.19. The van der Waals surface area contributed by atoms with E-state index in [2.05, 4.69) is 9.71 Å². The lowest BCUT2D eigenvalue weighted by Gasteiger charge is -2.11. The fourth-order valence-electron chi connectivity index (χ4n) is 1.79. The third-order valence-corrected chi connectivity index (χ3v) is 4.44. The molecule has 1 unspecified atom stereocenters. The Morgan fingerprint density at radius 1 is 1.38 bits per heavy atom. The average Bonchev–Trinajstić information content (AvgIpc) is 2.45. The Hall–Kier alpha value is -1.25. The van der Waals surface area contributed by atoms with Gasteiger partial charge in [-0.2, -0.15) is 0 Å². The SMILES string of the molecule is COCC(O)CNS(=O)(=O)c1ccc2nc(Cl)ccc2c1. The number of nitrogens with one attached hydrogen (secondary N) is 1. The summed E-state index contributed by atoms with van der Waals surface area (Å²) < 4.78 is 31.4. The van der Waals surface area contributed by atoms with Gasteiger partial charge in [-0.3, -0.25) is 0 Å². The Kier molecular flexibility index (Phi) is 5.13. The van der Waals surface area contributed by atoms with Gasteiger partial charge in [-0.25, -0.2) is 18.1 Å². The summed E-state index contributed by atoms with van der Waals surface area (Å²) in [6.45, 7) is -0.0598. The summed E-state index contributed by atoms with van der Waals surface area (Å²) >= 11 is 5.78. The number of hydrogen-bond donors (Lipinski definition) is 2. The third kappa shape index (κ3) is 4.12. The van der Waals surface area contributed by atoms with Crippen molar-refractivity contribution in [3.63, 3.8) is 0 Å². The number of aliphatic hydroxyl groups is 1. The minimum Gasteiger partial charge on any atom is -0.389 e. The Labute approximate surface area is 127 Å². The number of aromatic nitrogens is 1. The molecule has 2 rings (SSSR count). The highest BCUT2D eigenvalue weighted by Crippen LogP contribution is 2.19. The number of hydrogen-bond acceptors (Lipinski definition) is 5. The van der Waals surface area contributed by atoms with Gasteiger partial charge in [-0.1, -0.05) is 11.6 Å². The number of methoxy groups -OCH3 is 1. The molecule has 2 aromatic rings. The predicted molar refractivity (Wildman–Crippen MR) is 79.8 cm³/mol. The first-order chi connectivity index (χ1) is 9.92. The molecule has 0 aliphatic carbocycles. The molecule has 6 nitrogen and oxygen atoms in total. The van der Waals surface area contributed by atoms with Crippen molar-refractivity contribution in [2.45, 2.75) is 11.0 Å². The molecule has 0 spiro atoms. The van der Waals surface area contributed by atoms with Crippen molar-refractivity contribution in [1.29, 1.82) is 0 Å². The fourth-order valence-corrected chi connectivity index (χ4v) is 3.05. The molecule has 0 amide bonds. The molecular weight excluding hydrogens is 316 g/mol. The zero-order valence-electron chi connectivity index (χ0n) is 11.3. The van der Waals surface area contributed by atoms with Gasteiger partial charge in [-0.15, -0.1) is 0 Å². The van der Waals surface area contributed by atoms with Crippen LogP contribution in [0.4, 0.5) is 0 Å². The van der Waals surface area contributed by atoms with Crippen LogP contribution in [0, 0.1) is 0 Å². The van der Waals surface area contributed by atoms with Crippen molar-refractivity contribution in [2.75, 3.05) is 20.3 Å². The zero-order chi connectivity index (χ0) is 15.5. The second-order valence-electron chi connectivity index (χ2n) is 4.45. The van der Waals surface area contributed by atoms with E-state index in [1.54, 1.807) is 18.2 Å². The van der Waals surface area contributed by atoms with Gasteiger partial charge in [0.2, 0.25) is 10.0 Å². The van der Waals surface area contributed by atoms with Crippen LogP contribution in [0.25, 0.3) is 10.9 Å². The second-order valence-corrected chi connectivity index (χ2v) is 6.60. The van der Waals surface area contributed by atoms with E-state index in [1.165, 1.54) is 19.2 Å². The van der Waals surface area contributed by atoms with Crippen molar-refractivity contribution in [2.24, 2.45) is 0 Å². The molecule has 1 heterocycles. The molecule has 114 valence electrons. The van der Waals surface area contributed by atoms with Gasteiger partial charge in [0.1, 0.15) is 5.15 Å². The molecule has 0 aliphatic rings. The number of sulfonamides is 1. The summed E-state index contributed by atoms with van der Waals surface area (Å²) in [6, 6.07) is 7.82. The van der Waals surface area contributed by atoms with Crippen LogP contribution >= 0.6 is 11.6 Å². The Balaban J connectivity index is 2.22. The first-order valence-electron chi connectivity index (χ1n) is 6.15. The average molecular weight is 331 g/mol. The van der Waals surface area contributed by atoms with Crippen LogP contribution in [0.3, 0.4) is 0 Å². The topological polar surface area (TPSA) is 88.5 Å². The Bertz CT molecular complexity index is 736. The van der Waals surface area contributed by atoms with Crippen molar-refractivity contribution < 1.29 is 18.3 Å². The number of nitrogens with zero attached hydrogens (tertiary/aromatic N) is 1. The van der Waals surface area contributed by atoms with E-state index in [1.807, 2.05) is 0 Å². The largest absolute Gasteiger partial charge is 0.389 e. The van der Waals surface area contributed by atoms with Gasteiger partial charge < -0.3 is 9.84 Å². The van der Waals surface area contributed by atoms with Gasteiger partial charge in [-0.05, 0) is 30.3 Å².